The summed E-state index contributed by atoms with van der Waals surface area (Å²) >= 11 is 0. The van der Waals surface area contributed by atoms with Crippen LogP contribution in [0.3, 0.4) is 0 Å². The first-order valence-electron chi connectivity index (χ1n) is 6.14. The molecule has 0 saturated heterocycles. The maximum atomic E-state index is 10.7. The van der Waals surface area contributed by atoms with E-state index in [2.05, 4.69) is 12.2 Å². The molecule has 0 aliphatic heterocycles. The Hall–Kier alpha value is -1.35. The number of carbonyl (C=O) groups is 1. The minimum atomic E-state index is -0.109. The fraction of sp³-hybridized carbons (Fsp3) is 0.500. The zero-order chi connectivity index (χ0) is 12.5. The number of hydrogen-bond donors (Lipinski definition) is 1. The van der Waals surface area contributed by atoms with Crippen LogP contribution in [0.2, 0.25) is 0 Å². The predicted octanol–water partition coefficient (Wildman–Crippen LogP) is 2.19. The van der Waals surface area contributed by atoms with Crippen molar-refractivity contribution in [3.8, 4) is 5.75 Å². The van der Waals surface area contributed by atoms with Gasteiger partial charge in [-0.2, -0.15) is 0 Å². The minimum Gasteiger partial charge on any atom is -0.494 e. The van der Waals surface area contributed by atoms with Gasteiger partial charge in [0, 0.05) is 0 Å². The van der Waals surface area contributed by atoms with Gasteiger partial charge in [0.2, 0.25) is 0 Å². The number of nitrogens with one attached hydrogen (secondary N) is 1. The van der Waals surface area contributed by atoms with E-state index in [0.29, 0.717) is 0 Å². The average molecular weight is 235 g/mol. The maximum absolute atomic E-state index is 10.7. The third-order valence-electron chi connectivity index (χ3n) is 2.68. The highest BCUT2D eigenvalue weighted by molar-refractivity contribution is 5.58. The molecule has 1 aromatic rings. The highest BCUT2D eigenvalue weighted by atomic mass is 16.5. The molecule has 1 N–H and O–H groups in total. The van der Waals surface area contributed by atoms with Crippen LogP contribution >= 0.6 is 0 Å². The second-order valence-electron chi connectivity index (χ2n) is 4.08. The molecule has 0 spiro atoms. The highest BCUT2D eigenvalue weighted by Crippen LogP contribution is 2.13. The molecule has 1 rings (SSSR count). The molecule has 0 aliphatic rings. The quantitative estimate of drug-likeness (QED) is 0.554. The van der Waals surface area contributed by atoms with E-state index in [1.807, 2.05) is 24.3 Å². The normalized spacial score (nSPS) is 12.1. The van der Waals surface area contributed by atoms with Gasteiger partial charge in [-0.25, -0.2) is 0 Å². The van der Waals surface area contributed by atoms with E-state index in [9.17, 15) is 4.79 Å². The van der Waals surface area contributed by atoms with Crippen LogP contribution < -0.4 is 10.1 Å². The van der Waals surface area contributed by atoms with Crippen LogP contribution in [0.25, 0.3) is 0 Å². The smallest absolute Gasteiger partial charge is 0.137 e. The largest absolute Gasteiger partial charge is 0.494 e. The summed E-state index contributed by atoms with van der Waals surface area (Å²) in [5.74, 6) is 0.898. The summed E-state index contributed by atoms with van der Waals surface area (Å²) in [5.41, 5.74) is 1.14. The van der Waals surface area contributed by atoms with E-state index in [0.717, 1.165) is 43.5 Å². The van der Waals surface area contributed by atoms with Crippen LogP contribution in [0.4, 0.5) is 0 Å². The molecule has 0 amide bonds. The van der Waals surface area contributed by atoms with Crippen molar-refractivity contribution in [3.05, 3.63) is 29.8 Å². The number of hydrogen-bond acceptors (Lipinski definition) is 3. The average Bonchev–Trinajstić information content (AvgIpc) is 2.38. The van der Waals surface area contributed by atoms with E-state index in [-0.39, 0.29) is 6.04 Å². The molecule has 1 aromatic carbocycles. The van der Waals surface area contributed by atoms with Gasteiger partial charge >= 0.3 is 0 Å². The van der Waals surface area contributed by atoms with E-state index in [4.69, 9.17) is 4.74 Å². The molecule has 0 radical (unpaired) electrons. The molecule has 94 valence electrons. The van der Waals surface area contributed by atoms with Crippen molar-refractivity contribution in [2.45, 2.75) is 32.2 Å². The standard InChI is InChI=1S/C14H21NO2/c1-3-4-9-17-14-7-5-12(6-8-14)10-13(11-16)15-2/h5-8,11,13,15H,3-4,9-10H2,1-2H3. The molecule has 1 atom stereocenters. The van der Waals surface area contributed by atoms with Gasteiger partial charge in [-0.15, -0.1) is 0 Å². The van der Waals surface area contributed by atoms with E-state index in [1.54, 1.807) is 7.05 Å². The minimum absolute atomic E-state index is 0.109. The van der Waals surface area contributed by atoms with E-state index < -0.39 is 0 Å². The summed E-state index contributed by atoms with van der Waals surface area (Å²) in [5, 5.41) is 2.96. The van der Waals surface area contributed by atoms with Crippen LogP contribution in [-0.2, 0) is 11.2 Å². The van der Waals surface area contributed by atoms with Crippen LogP contribution in [0.5, 0.6) is 5.75 Å². The fourth-order valence-corrected chi connectivity index (χ4v) is 1.53. The van der Waals surface area contributed by atoms with E-state index >= 15 is 0 Å². The Morgan fingerprint density at radius 1 is 1.35 bits per heavy atom. The van der Waals surface area contributed by atoms with Gasteiger partial charge in [0.25, 0.3) is 0 Å². The Morgan fingerprint density at radius 3 is 2.59 bits per heavy atom. The first kappa shape index (κ1) is 13.7. The molecule has 0 bridgehead atoms. The number of aldehydes is 1. The molecule has 0 heterocycles. The van der Waals surface area contributed by atoms with Crippen molar-refractivity contribution in [1.82, 2.24) is 5.32 Å². The first-order chi connectivity index (χ1) is 8.30. The number of ether oxygens (including phenoxy) is 1. The highest BCUT2D eigenvalue weighted by Gasteiger charge is 2.05. The van der Waals surface area contributed by atoms with Crippen molar-refractivity contribution in [1.29, 1.82) is 0 Å². The van der Waals surface area contributed by atoms with Crippen molar-refractivity contribution in [3.63, 3.8) is 0 Å². The van der Waals surface area contributed by atoms with Gasteiger partial charge < -0.3 is 14.8 Å². The Morgan fingerprint density at radius 2 is 2.06 bits per heavy atom. The van der Waals surface area contributed by atoms with Crippen molar-refractivity contribution >= 4 is 6.29 Å². The number of benzene rings is 1. The molecule has 17 heavy (non-hydrogen) atoms. The number of carbonyl (C=O) groups excluding carboxylic acids is 1. The van der Waals surface area contributed by atoms with Crippen LogP contribution in [0, 0.1) is 0 Å². The third kappa shape index (κ3) is 5.00. The zero-order valence-corrected chi connectivity index (χ0v) is 10.6. The summed E-state index contributed by atoms with van der Waals surface area (Å²) in [7, 11) is 1.79. The molecular formula is C14H21NO2. The summed E-state index contributed by atoms with van der Waals surface area (Å²) in [4.78, 5) is 10.7. The molecule has 3 heteroatoms. The van der Waals surface area contributed by atoms with Gasteiger partial charge in [0.05, 0.1) is 12.6 Å². The second-order valence-corrected chi connectivity index (χ2v) is 4.08. The van der Waals surface area contributed by atoms with Crippen LogP contribution in [-0.4, -0.2) is 26.0 Å². The Balaban J connectivity index is 2.46. The number of likely N-dealkylation sites (N-methyl/N-ethyl adjacent to an activating group) is 1. The molecule has 0 saturated carbocycles. The predicted molar refractivity (Wildman–Crippen MR) is 69.5 cm³/mol. The molecule has 0 aromatic heterocycles. The van der Waals surface area contributed by atoms with Crippen LogP contribution in [0.15, 0.2) is 24.3 Å². The lowest BCUT2D eigenvalue weighted by atomic mass is 10.1. The summed E-state index contributed by atoms with van der Waals surface area (Å²) in [6, 6.07) is 7.83. The monoisotopic (exact) mass is 235 g/mol. The maximum Gasteiger partial charge on any atom is 0.137 e. The van der Waals surface area contributed by atoms with Gasteiger partial charge in [0.1, 0.15) is 12.0 Å². The molecule has 3 nitrogen and oxygen atoms in total. The Labute approximate surface area is 103 Å². The third-order valence-corrected chi connectivity index (χ3v) is 2.68. The SMILES string of the molecule is CCCCOc1ccc(CC(C=O)NC)cc1. The fourth-order valence-electron chi connectivity index (χ4n) is 1.53. The molecule has 1 unspecified atom stereocenters. The Kier molecular flexibility index (Phi) is 6.33. The molecule has 0 aliphatic carbocycles. The van der Waals surface area contributed by atoms with Crippen molar-refractivity contribution in [2.24, 2.45) is 0 Å². The molecule has 0 fully saturated rings. The van der Waals surface area contributed by atoms with Gasteiger partial charge in [-0.1, -0.05) is 25.5 Å². The van der Waals surface area contributed by atoms with E-state index in [1.165, 1.54) is 0 Å². The lowest BCUT2D eigenvalue weighted by Gasteiger charge is -2.10. The van der Waals surface area contributed by atoms with Crippen LogP contribution in [0.1, 0.15) is 25.3 Å². The summed E-state index contributed by atoms with van der Waals surface area (Å²) in [6.07, 6.45) is 3.87. The topological polar surface area (TPSA) is 38.3 Å². The lowest BCUT2D eigenvalue weighted by Crippen LogP contribution is -2.28. The number of unbranched alkanes of at least 4 members (excludes halogenated alkanes) is 1. The Bertz CT molecular complexity index is 321. The zero-order valence-electron chi connectivity index (χ0n) is 10.6. The summed E-state index contributed by atoms with van der Waals surface area (Å²) in [6.45, 7) is 2.91. The second kappa shape index (κ2) is 7.85. The van der Waals surface area contributed by atoms with Gasteiger partial charge in [0.15, 0.2) is 0 Å². The summed E-state index contributed by atoms with van der Waals surface area (Å²) < 4.78 is 5.57. The van der Waals surface area contributed by atoms with Crippen molar-refractivity contribution in [2.75, 3.05) is 13.7 Å². The van der Waals surface area contributed by atoms with Gasteiger partial charge in [-0.05, 0) is 37.6 Å². The molecular weight excluding hydrogens is 214 g/mol. The lowest BCUT2D eigenvalue weighted by molar-refractivity contribution is -0.109. The number of rotatable bonds is 8. The van der Waals surface area contributed by atoms with Crippen molar-refractivity contribution < 1.29 is 9.53 Å². The first-order valence-corrected chi connectivity index (χ1v) is 6.14. The van der Waals surface area contributed by atoms with Gasteiger partial charge in [-0.3, -0.25) is 0 Å².